The minimum absolute atomic E-state index is 0.152. The number of hydrogen-bond acceptors (Lipinski definition) is 5. The van der Waals surface area contributed by atoms with Crippen LogP contribution in [0, 0.1) is 5.92 Å². The Bertz CT molecular complexity index is 994. The largest absolute Gasteiger partial charge is 0.376 e. The molecule has 1 aromatic carbocycles. The summed E-state index contributed by atoms with van der Waals surface area (Å²) in [4.78, 5) is 16.3. The van der Waals surface area contributed by atoms with Crippen molar-refractivity contribution in [2.24, 2.45) is 5.92 Å². The van der Waals surface area contributed by atoms with E-state index < -0.39 is 10.0 Å². The number of rotatable bonds is 5. The molecule has 0 radical (unpaired) electrons. The Morgan fingerprint density at radius 2 is 1.93 bits per heavy atom. The second-order valence-electron chi connectivity index (χ2n) is 7.71. The summed E-state index contributed by atoms with van der Waals surface area (Å²) in [5, 5.41) is 4.87. The number of thiophene rings is 1. The quantitative estimate of drug-likeness (QED) is 0.803. The zero-order valence-electron chi connectivity index (χ0n) is 16.9. The minimum atomic E-state index is -3.59. The van der Waals surface area contributed by atoms with E-state index in [-0.39, 0.29) is 10.8 Å². The van der Waals surface area contributed by atoms with Gasteiger partial charge in [-0.1, -0.05) is 6.92 Å². The second kappa shape index (κ2) is 7.85. The van der Waals surface area contributed by atoms with Crippen molar-refractivity contribution in [1.29, 1.82) is 0 Å². The smallest absolute Gasteiger partial charge is 0.256 e. The lowest BCUT2D eigenvalue weighted by Crippen LogP contribution is -2.23. The Kier molecular flexibility index (Phi) is 5.84. The van der Waals surface area contributed by atoms with Crippen molar-refractivity contribution in [2.75, 3.05) is 38.4 Å². The monoisotopic (exact) mass is 421 g/mol. The Hall–Kier alpha value is -1.90. The van der Waals surface area contributed by atoms with Crippen LogP contribution in [-0.2, 0) is 22.9 Å². The first-order chi connectivity index (χ1) is 13.1. The van der Waals surface area contributed by atoms with E-state index in [1.54, 1.807) is 23.5 Å². The predicted octanol–water partition coefficient (Wildman–Crippen LogP) is 3.44. The van der Waals surface area contributed by atoms with Crippen LogP contribution in [0.25, 0.3) is 0 Å². The third-order valence-electron chi connectivity index (χ3n) is 5.12. The third-order valence-corrected chi connectivity index (χ3v) is 7.99. The van der Waals surface area contributed by atoms with Crippen LogP contribution in [0.4, 0.5) is 11.4 Å². The van der Waals surface area contributed by atoms with Gasteiger partial charge in [0.05, 0.1) is 21.8 Å². The highest BCUT2D eigenvalue weighted by Gasteiger charge is 2.25. The first kappa shape index (κ1) is 20.8. The molecule has 1 N–H and O–H groups in total. The zero-order chi connectivity index (χ0) is 20.6. The summed E-state index contributed by atoms with van der Waals surface area (Å²) in [6, 6.07) is 4.81. The number of nitrogens with zero attached hydrogens (tertiary/aromatic N) is 2. The average molecular weight is 422 g/mol. The predicted molar refractivity (Wildman–Crippen MR) is 115 cm³/mol. The van der Waals surface area contributed by atoms with E-state index in [4.69, 9.17) is 0 Å². The van der Waals surface area contributed by atoms with Gasteiger partial charge in [0.25, 0.3) is 5.91 Å². The van der Waals surface area contributed by atoms with Gasteiger partial charge in [0.2, 0.25) is 10.0 Å². The van der Waals surface area contributed by atoms with Crippen LogP contribution in [0.3, 0.4) is 0 Å². The summed E-state index contributed by atoms with van der Waals surface area (Å²) in [6.45, 7) is 2.24. The summed E-state index contributed by atoms with van der Waals surface area (Å²) in [7, 11) is 3.12. The van der Waals surface area contributed by atoms with Gasteiger partial charge < -0.3 is 10.2 Å². The summed E-state index contributed by atoms with van der Waals surface area (Å²) < 4.78 is 26.2. The van der Waals surface area contributed by atoms with Gasteiger partial charge in [-0.25, -0.2) is 12.7 Å². The maximum atomic E-state index is 13.0. The van der Waals surface area contributed by atoms with Gasteiger partial charge >= 0.3 is 0 Å². The van der Waals surface area contributed by atoms with Gasteiger partial charge in [-0.2, -0.15) is 0 Å². The number of sulfonamides is 1. The van der Waals surface area contributed by atoms with Crippen molar-refractivity contribution < 1.29 is 13.2 Å². The molecule has 6 nitrogen and oxygen atoms in total. The number of nitrogens with one attached hydrogen (secondary N) is 1. The molecule has 0 spiro atoms. The summed E-state index contributed by atoms with van der Waals surface area (Å²) in [5.74, 6) is 0.463. The molecule has 0 fully saturated rings. The van der Waals surface area contributed by atoms with Crippen molar-refractivity contribution >= 4 is 38.6 Å². The molecule has 3 rings (SSSR count). The first-order valence-electron chi connectivity index (χ1n) is 9.25. The van der Waals surface area contributed by atoms with E-state index in [1.165, 1.54) is 29.3 Å². The molecule has 1 aromatic heterocycles. The van der Waals surface area contributed by atoms with Gasteiger partial charge in [-0.15, -0.1) is 11.3 Å². The van der Waals surface area contributed by atoms with E-state index in [2.05, 4.69) is 12.2 Å². The number of carbonyl (C=O) groups excluding carboxylic acids is 1. The van der Waals surface area contributed by atoms with E-state index in [0.717, 1.165) is 30.5 Å². The van der Waals surface area contributed by atoms with Crippen molar-refractivity contribution in [1.82, 2.24) is 4.31 Å². The third kappa shape index (κ3) is 3.94. The van der Waals surface area contributed by atoms with Crippen LogP contribution in [0.5, 0.6) is 0 Å². The molecule has 1 aliphatic rings. The molecule has 0 saturated carbocycles. The maximum absolute atomic E-state index is 13.0. The molecule has 1 unspecified atom stereocenters. The lowest BCUT2D eigenvalue weighted by Gasteiger charge is -2.21. The molecule has 1 aliphatic carbocycles. The highest BCUT2D eigenvalue weighted by molar-refractivity contribution is 7.89. The van der Waals surface area contributed by atoms with Crippen molar-refractivity contribution in [3.8, 4) is 0 Å². The first-order valence-corrected chi connectivity index (χ1v) is 11.6. The van der Waals surface area contributed by atoms with Gasteiger partial charge in [-0.3, -0.25) is 4.79 Å². The van der Waals surface area contributed by atoms with Crippen LogP contribution in [0.15, 0.2) is 28.5 Å². The van der Waals surface area contributed by atoms with Crippen LogP contribution in [-0.4, -0.2) is 46.8 Å². The molecule has 0 bridgehead atoms. The Morgan fingerprint density at radius 3 is 2.57 bits per heavy atom. The molecule has 0 aliphatic heterocycles. The van der Waals surface area contributed by atoms with E-state index in [9.17, 15) is 13.2 Å². The van der Waals surface area contributed by atoms with Gasteiger partial charge in [0.15, 0.2) is 0 Å². The standard InChI is InChI=1S/C20H27N3O3S2/c1-13-6-8-15-16(12-27-19(15)10-13)20(24)21-17-11-14(28(25,26)23(4)5)7-9-18(17)22(2)3/h7,9,11-13H,6,8,10H2,1-5H3,(H,21,24). The molecule has 2 aromatic rings. The van der Waals surface area contributed by atoms with E-state index in [1.807, 2.05) is 24.4 Å². The number of amides is 1. The fourth-order valence-corrected chi connectivity index (χ4v) is 5.61. The lowest BCUT2D eigenvalue weighted by atomic mass is 9.88. The van der Waals surface area contributed by atoms with Crippen molar-refractivity contribution in [3.63, 3.8) is 0 Å². The van der Waals surface area contributed by atoms with Crippen molar-refractivity contribution in [2.45, 2.75) is 31.1 Å². The van der Waals surface area contributed by atoms with Crippen LogP contribution >= 0.6 is 11.3 Å². The number of benzene rings is 1. The van der Waals surface area contributed by atoms with Crippen LogP contribution < -0.4 is 10.2 Å². The highest BCUT2D eigenvalue weighted by atomic mass is 32.2. The Labute approximate surface area is 171 Å². The van der Waals surface area contributed by atoms with Crippen LogP contribution in [0.2, 0.25) is 0 Å². The number of fused-ring (bicyclic) bond motifs is 1. The average Bonchev–Trinajstić information content (AvgIpc) is 3.04. The fourth-order valence-electron chi connectivity index (χ4n) is 3.43. The Balaban J connectivity index is 1.96. The number of carbonyl (C=O) groups is 1. The fraction of sp³-hybridized carbons (Fsp3) is 0.450. The zero-order valence-corrected chi connectivity index (χ0v) is 18.6. The normalized spacial score (nSPS) is 16.7. The number of hydrogen-bond donors (Lipinski definition) is 1. The minimum Gasteiger partial charge on any atom is -0.376 e. The SMILES string of the molecule is CC1CCc2c(C(=O)Nc3cc(S(=O)(=O)N(C)C)ccc3N(C)C)csc2C1. The van der Waals surface area contributed by atoms with Gasteiger partial charge in [0.1, 0.15) is 0 Å². The van der Waals surface area contributed by atoms with Crippen LogP contribution in [0.1, 0.15) is 34.1 Å². The van der Waals surface area contributed by atoms with E-state index >= 15 is 0 Å². The molecular weight excluding hydrogens is 394 g/mol. The van der Waals surface area contributed by atoms with Crippen molar-refractivity contribution in [3.05, 3.63) is 39.6 Å². The molecule has 1 amide bonds. The molecule has 28 heavy (non-hydrogen) atoms. The Morgan fingerprint density at radius 1 is 1.21 bits per heavy atom. The maximum Gasteiger partial charge on any atom is 0.256 e. The molecule has 1 atom stereocenters. The van der Waals surface area contributed by atoms with Gasteiger partial charge in [0, 0.05) is 38.4 Å². The summed E-state index contributed by atoms with van der Waals surface area (Å²) in [6.07, 6.45) is 3.02. The number of anilines is 2. The summed E-state index contributed by atoms with van der Waals surface area (Å²) >= 11 is 1.64. The molecule has 152 valence electrons. The topological polar surface area (TPSA) is 69.7 Å². The highest BCUT2D eigenvalue weighted by Crippen LogP contribution is 2.34. The molecule has 8 heteroatoms. The molecule has 0 saturated heterocycles. The lowest BCUT2D eigenvalue weighted by molar-refractivity contribution is 0.102. The molecular formula is C20H27N3O3S2. The van der Waals surface area contributed by atoms with Gasteiger partial charge in [-0.05, 0) is 48.9 Å². The molecule has 1 heterocycles. The second-order valence-corrected chi connectivity index (χ2v) is 10.8. The van der Waals surface area contributed by atoms with E-state index in [0.29, 0.717) is 17.2 Å². The summed E-state index contributed by atoms with van der Waals surface area (Å²) in [5.41, 5.74) is 3.09.